The van der Waals surface area contributed by atoms with E-state index in [4.69, 9.17) is 16.3 Å². The van der Waals surface area contributed by atoms with Crippen LogP contribution in [0.4, 0.5) is 13.2 Å². The summed E-state index contributed by atoms with van der Waals surface area (Å²) in [4.78, 5) is 4.50. The Balaban J connectivity index is 1.64. The number of pyridine rings is 1. The maximum Gasteiger partial charge on any atom is 0.194 e. The maximum atomic E-state index is 13.6. The molecule has 0 spiro atoms. The molecule has 170 valence electrons. The molecule has 0 bridgehead atoms. The fraction of sp³-hybridized carbons (Fsp3) is 0.316. The summed E-state index contributed by atoms with van der Waals surface area (Å²) in [5.41, 5.74) is -1.04. The quantitative estimate of drug-likeness (QED) is 0.370. The number of benzene rings is 1. The van der Waals surface area contributed by atoms with Crippen molar-refractivity contribution in [1.29, 1.82) is 0 Å². The molecule has 13 heteroatoms. The Labute approximate surface area is 188 Å². The Morgan fingerprint density at radius 2 is 1.84 bits per heavy atom. The van der Waals surface area contributed by atoms with Gasteiger partial charge in [0, 0.05) is 16.7 Å². The molecule has 0 amide bonds. The van der Waals surface area contributed by atoms with Crippen LogP contribution in [0, 0.1) is 17.5 Å². The average molecular weight is 489 g/mol. The molecule has 1 aliphatic heterocycles. The Morgan fingerprint density at radius 1 is 1.12 bits per heavy atom. The molecule has 1 saturated heterocycles. The largest absolute Gasteiger partial charge is 0.394 e. The minimum Gasteiger partial charge on any atom is -0.394 e. The molecule has 1 aromatic carbocycles. The first kappa shape index (κ1) is 23.0. The highest BCUT2D eigenvalue weighted by Crippen LogP contribution is 2.38. The first-order chi connectivity index (χ1) is 15.3. The molecule has 5 unspecified atom stereocenters. The van der Waals surface area contributed by atoms with E-state index in [1.807, 2.05) is 0 Å². The fourth-order valence-electron chi connectivity index (χ4n) is 3.33. The van der Waals surface area contributed by atoms with Gasteiger partial charge in [0.1, 0.15) is 40.6 Å². The number of aliphatic hydroxyl groups excluding tert-OH is 3. The van der Waals surface area contributed by atoms with Gasteiger partial charge in [-0.2, -0.15) is 0 Å². The van der Waals surface area contributed by atoms with Crippen LogP contribution in [0.25, 0.3) is 11.3 Å². The smallest absolute Gasteiger partial charge is 0.194 e. The van der Waals surface area contributed by atoms with Crippen molar-refractivity contribution in [2.75, 3.05) is 6.61 Å². The van der Waals surface area contributed by atoms with Crippen LogP contribution in [-0.4, -0.2) is 65.7 Å². The number of aliphatic hydroxyl groups is 3. The normalized spacial score (nSPS) is 25.8. The van der Waals surface area contributed by atoms with Gasteiger partial charge < -0.3 is 20.1 Å². The Kier molecular flexibility index (Phi) is 6.70. The van der Waals surface area contributed by atoms with Gasteiger partial charge in [-0.1, -0.05) is 28.6 Å². The van der Waals surface area contributed by atoms with Gasteiger partial charge in [0.2, 0.25) is 0 Å². The fourth-order valence-corrected chi connectivity index (χ4v) is 4.65. The Hall–Kier alpha value is -2.22. The summed E-state index contributed by atoms with van der Waals surface area (Å²) in [5, 5.41) is 39.1. The summed E-state index contributed by atoms with van der Waals surface area (Å²) in [7, 11) is 0. The van der Waals surface area contributed by atoms with E-state index in [0.717, 1.165) is 28.6 Å². The minimum atomic E-state index is -1.61. The van der Waals surface area contributed by atoms with E-state index in [1.165, 1.54) is 12.4 Å². The van der Waals surface area contributed by atoms with E-state index < -0.39 is 53.8 Å². The third-order valence-electron chi connectivity index (χ3n) is 4.89. The van der Waals surface area contributed by atoms with Gasteiger partial charge in [-0.25, -0.2) is 22.8 Å². The molecule has 32 heavy (non-hydrogen) atoms. The second kappa shape index (κ2) is 9.33. The maximum absolute atomic E-state index is 13.6. The topological polar surface area (TPSA) is 114 Å². The van der Waals surface area contributed by atoms with Gasteiger partial charge >= 0.3 is 0 Å². The second-order valence-corrected chi connectivity index (χ2v) is 8.53. The first-order valence-electron chi connectivity index (χ1n) is 9.26. The van der Waals surface area contributed by atoms with Crippen LogP contribution < -0.4 is 0 Å². The van der Waals surface area contributed by atoms with Crippen molar-refractivity contribution in [1.82, 2.24) is 20.0 Å². The second-order valence-electron chi connectivity index (χ2n) is 6.97. The molecular formula is C19H16ClF3N4O4S. The Bertz CT molecular complexity index is 1100. The van der Waals surface area contributed by atoms with Gasteiger partial charge in [0.05, 0.1) is 12.8 Å². The lowest BCUT2D eigenvalue weighted by Gasteiger charge is -2.41. The molecule has 0 radical (unpaired) electrons. The number of ether oxygens (including phenoxy) is 1. The molecule has 0 aliphatic carbocycles. The summed E-state index contributed by atoms with van der Waals surface area (Å²) < 4.78 is 47.2. The van der Waals surface area contributed by atoms with Gasteiger partial charge in [-0.3, -0.25) is 0 Å². The average Bonchev–Trinajstić information content (AvgIpc) is 3.23. The summed E-state index contributed by atoms with van der Waals surface area (Å²) in [6.07, 6.45) is -1.06. The van der Waals surface area contributed by atoms with Crippen LogP contribution in [0.15, 0.2) is 41.6 Å². The highest BCUT2D eigenvalue weighted by atomic mass is 35.5. The molecule has 1 aliphatic rings. The third-order valence-corrected chi connectivity index (χ3v) is 6.25. The number of rotatable bonds is 5. The van der Waals surface area contributed by atoms with Crippen LogP contribution >= 0.6 is 23.4 Å². The number of hydrogen-bond donors (Lipinski definition) is 3. The van der Waals surface area contributed by atoms with Crippen LogP contribution in [-0.2, 0) is 4.74 Å². The summed E-state index contributed by atoms with van der Waals surface area (Å²) >= 11 is 6.98. The summed E-state index contributed by atoms with van der Waals surface area (Å²) in [6, 6.07) is 3.60. The van der Waals surface area contributed by atoms with E-state index in [2.05, 4.69) is 15.3 Å². The lowest BCUT2D eigenvalue weighted by atomic mass is 9.97. The van der Waals surface area contributed by atoms with Crippen LogP contribution in [0.2, 0.25) is 5.15 Å². The summed E-state index contributed by atoms with van der Waals surface area (Å²) in [6.45, 7) is -0.547. The predicted molar refractivity (Wildman–Crippen MR) is 107 cm³/mol. The molecule has 4 rings (SSSR count). The molecule has 3 aromatic rings. The SMILES string of the molecule is OCC1OC(Sc2ccnc(Cl)c2)C(O)C(n2cc(-c3cc(F)c(F)c(F)c3)nn2)C1O. The zero-order valence-electron chi connectivity index (χ0n) is 16.0. The standard InChI is InChI=1S/C19H16ClF3N4O4S/c20-14-5-9(1-2-24-14)32-19-18(30)16(17(29)13(7-28)31-19)27-6-12(25-26-27)8-3-10(21)15(23)11(22)4-8/h1-6,13,16-19,28-30H,7H2. The van der Waals surface area contributed by atoms with Crippen LogP contribution in [0.5, 0.6) is 0 Å². The van der Waals surface area contributed by atoms with E-state index in [1.54, 1.807) is 12.1 Å². The minimum absolute atomic E-state index is 0.0145. The van der Waals surface area contributed by atoms with Crippen molar-refractivity contribution >= 4 is 23.4 Å². The zero-order valence-corrected chi connectivity index (χ0v) is 17.6. The van der Waals surface area contributed by atoms with Crippen molar-refractivity contribution in [2.45, 2.75) is 34.7 Å². The monoisotopic (exact) mass is 488 g/mol. The van der Waals surface area contributed by atoms with Crippen LogP contribution in [0.3, 0.4) is 0 Å². The number of nitrogens with zero attached hydrogens (tertiary/aromatic N) is 4. The van der Waals surface area contributed by atoms with Crippen molar-refractivity contribution in [3.63, 3.8) is 0 Å². The predicted octanol–water partition coefficient (Wildman–Crippen LogP) is 2.18. The number of aromatic nitrogens is 4. The molecule has 3 N–H and O–H groups in total. The zero-order chi connectivity index (χ0) is 23.0. The molecule has 8 nitrogen and oxygen atoms in total. The molecule has 5 atom stereocenters. The highest BCUT2D eigenvalue weighted by Gasteiger charge is 2.46. The van der Waals surface area contributed by atoms with Crippen molar-refractivity contribution < 1.29 is 33.2 Å². The lowest BCUT2D eigenvalue weighted by Crippen LogP contribution is -2.55. The molecule has 0 saturated carbocycles. The number of hydrogen-bond acceptors (Lipinski definition) is 8. The molecule has 1 fully saturated rings. The van der Waals surface area contributed by atoms with Crippen molar-refractivity contribution in [3.05, 3.63) is 59.3 Å². The highest BCUT2D eigenvalue weighted by molar-refractivity contribution is 7.99. The van der Waals surface area contributed by atoms with Gasteiger partial charge in [-0.15, -0.1) is 5.10 Å². The van der Waals surface area contributed by atoms with E-state index in [-0.39, 0.29) is 16.4 Å². The summed E-state index contributed by atoms with van der Waals surface area (Å²) in [5.74, 6) is -4.40. The van der Waals surface area contributed by atoms with Gasteiger partial charge in [0.25, 0.3) is 0 Å². The molecule has 3 heterocycles. The van der Waals surface area contributed by atoms with E-state index in [0.29, 0.717) is 4.90 Å². The van der Waals surface area contributed by atoms with Gasteiger partial charge in [0.15, 0.2) is 17.5 Å². The Morgan fingerprint density at radius 3 is 2.50 bits per heavy atom. The van der Waals surface area contributed by atoms with Crippen molar-refractivity contribution in [2.24, 2.45) is 0 Å². The molecular weight excluding hydrogens is 473 g/mol. The number of thioether (sulfide) groups is 1. The number of halogens is 4. The van der Waals surface area contributed by atoms with Crippen LogP contribution in [0.1, 0.15) is 6.04 Å². The molecule has 2 aromatic heterocycles. The first-order valence-corrected chi connectivity index (χ1v) is 10.5. The van der Waals surface area contributed by atoms with E-state index in [9.17, 15) is 28.5 Å². The van der Waals surface area contributed by atoms with E-state index >= 15 is 0 Å². The lowest BCUT2D eigenvalue weighted by molar-refractivity contribution is -0.178. The van der Waals surface area contributed by atoms with Crippen molar-refractivity contribution in [3.8, 4) is 11.3 Å². The van der Waals surface area contributed by atoms with Gasteiger partial charge in [-0.05, 0) is 24.3 Å². The third kappa shape index (κ3) is 4.47.